The van der Waals surface area contributed by atoms with E-state index in [0.717, 1.165) is 12.8 Å². The average Bonchev–Trinajstić information content (AvgIpc) is 2.35. The maximum atomic E-state index is 9.11. The second-order valence-electron chi connectivity index (χ2n) is 4.23. The van der Waals surface area contributed by atoms with Crippen LogP contribution in [0.1, 0.15) is 25.0 Å². The highest BCUT2D eigenvalue weighted by molar-refractivity contribution is 5.95. The number of aliphatic hydroxyl groups is 1. The standard InChI is InChI=1S/C11H17N5O2/c12-10(15-18)9-4-5-13-11(14-9)16(6-7-17)8-2-1-3-8/h4-5,8,17-18H,1-3,6-7H2,(H2,12,15). The van der Waals surface area contributed by atoms with Crippen LogP contribution in [0, 0.1) is 0 Å². The van der Waals surface area contributed by atoms with Crippen molar-refractivity contribution in [3.8, 4) is 0 Å². The first-order chi connectivity index (χ1) is 8.76. The predicted molar refractivity (Wildman–Crippen MR) is 66.6 cm³/mol. The fourth-order valence-corrected chi connectivity index (χ4v) is 1.93. The zero-order valence-electron chi connectivity index (χ0n) is 10.0. The number of anilines is 1. The predicted octanol–water partition coefficient (Wildman–Crippen LogP) is -0.0777. The van der Waals surface area contributed by atoms with Gasteiger partial charge in [-0.15, -0.1) is 0 Å². The molecular formula is C11H17N5O2. The monoisotopic (exact) mass is 251 g/mol. The third-order valence-electron chi connectivity index (χ3n) is 3.13. The maximum absolute atomic E-state index is 9.11. The Morgan fingerprint density at radius 2 is 2.33 bits per heavy atom. The average molecular weight is 251 g/mol. The zero-order valence-corrected chi connectivity index (χ0v) is 10.0. The molecule has 1 saturated carbocycles. The molecule has 0 atom stereocenters. The number of hydrogen-bond acceptors (Lipinski definition) is 6. The molecule has 0 aliphatic heterocycles. The minimum atomic E-state index is -0.0452. The third kappa shape index (κ3) is 2.51. The van der Waals surface area contributed by atoms with Gasteiger partial charge in [0.15, 0.2) is 5.84 Å². The smallest absolute Gasteiger partial charge is 0.226 e. The van der Waals surface area contributed by atoms with E-state index in [9.17, 15) is 0 Å². The lowest BCUT2D eigenvalue weighted by Crippen LogP contribution is -2.43. The Morgan fingerprint density at radius 3 is 2.89 bits per heavy atom. The molecule has 18 heavy (non-hydrogen) atoms. The van der Waals surface area contributed by atoms with Crippen molar-refractivity contribution in [2.45, 2.75) is 25.3 Å². The molecular weight excluding hydrogens is 234 g/mol. The van der Waals surface area contributed by atoms with Gasteiger partial charge in [-0.1, -0.05) is 5.16 Å². The van der Waals surface area contributed by atoms with Crippen molar-refractivity contribution in [3.63, 3.8) is 0 Å². The largest absolute Gasteiger partial charge is 0.409 e. The molecule has 0 unspecified atom stereocenters. The molecule has 4 N–H and O–H groups in total. The van der Waals surface area contributed by atoms with Crippen LogP contribution in [-0.4, -0.2) is 45.3 Å². The Labute approximate surface area is 105 Å². The summed E-state index contributed by atoms with van der Waals surface area (Å²) in [4.78, 5) is 10.4. The summed E-state index contributed by atoms with van der Waals surface area (Å²) >= 11 is 0. The lowest BCUT2D eigenvalue weighted by Gasteiger charge is -2.37. The van der Waals surface area contributed by atoms with Gasteiger partial charge in [0.05, 0.1) is 6.61 Å². The molecule has 0 aromatic carbocycles. The van der Waals surface area contributed by atoms with Crippen molar-refractivity contribution in [3.05, 3.63) is 18.0 Å². The fourth-order valence-electron chi connectivity index (χ4n) is 1.93. The van der Waals surface area contributed by atoms with Crippen LogP contribution in [0.25, 0.3) is 0 Å². The van der Waals surface area contributed by atoms with Gasteiger partial charge < -0.3 is 20.9 Å². The van der Waals surface area contributed by atoms with E-state index in [0.29, 0.717) is 24.2 Å². The van der Waals surface area contributed by atoms with Crippen LogP contribution >= 0.6 is 0 Å². The minimum Gasteiger partial charge on any atom is -0.409 e. The van der Waals surface area contributed by atoms with Crippen molar-refractivity contribution in [2.24, 2.45) is 10.9 Å². The van der Waals surface area contributed by atoms with Gasteiger partial charge in [0.25, 0.3) is 0 Å². The number of oxime groups is 1. The van der Waals surface area contributed by atoms with Crippen molar-refractivity contribution >= 4 is 11.8 Å². The van der Waals surface area contributed by atoms with Crippen LogP contribution in [-0.2, 0) is 0 Å². The molecule has 0 bridgehead atoms. The van der Waals surface area contributed by atoms with E-state index >= 15 is 0 Å². The highest BCUT2D eigenvalue weighted by Crippen LogP contribution is 2.27. The summed E-state index contributed by atoms with van der Waals surface area (Å²) in [5.41, 5.74) is 5.88. The number of nitrogens with two attached hydrogens (primary N) is 1. The van der Waals surface area contributed by atoms with Gasteiger partial charge in [-0.3, -0.25) is 0 Å². The molecule has 1 fully saturated rings. The summed E-state index contributed by atoms with van der Waals surface area (Å²) < 4.78 is 0. The highest BCUT2D eigenvalue weighted by atomic mass is 16.4. The van der Waals surface area contributed by atoms with Crippen LogP contribution in [0.4, 0.5) is 5.95 Å². The third-order valence-corrected chi connectivity index (χ3v) is 3.13. The molecule has 1 aromatic heterocycles. The first-order valence-electron chi connectivity index (χ1n) is 5.94. The number of nitrogens with zero attached hydrogens (tertiary/aromatic N) is 4. The van der Waals surface area contributed by atoms with Gasteiger partial charge in [-0.05, 0) is 25.3 Å². The maximum Gasteiger partial charge on any atom is 0.226 e. The number of amidine groups is 1. The van der Waals surface area contributed by atoms with Gasteiger partial charge in [0.2, 0.25) is 5.95 Å². The summed E-state index contributed by atoms with van der Waals surface area (Å²) in [6.07, 6.45) is 4.92. The Bertz CT molecular complexity index is 433. The highest BCUT2D eigenvalue weighted by Gasteiger charge is 2.26. The SMILES string of the molecule is N/C(=N/O)c1ccnc(N(CCO)C2CCC2)n1. The molecule has 1 aliphatic rings. The lowest BCUT2D eigenvalue weighted by atomic mass is 9.92. The van der Waals surface area contributed by atoms with Crippen LogP contribution in [0.15, 0.2) is 17.4 Å². The molecule has 7 nitrogen and oxygen atoms in total. The molecule has 7 heteroatoms. The summed E-state index contributed by atoms with van der Waals surface area (Å²) in [5.74, 6) is 0.467. The number of hydrogen-bond donors (Lipinski definition) is 3. The van der Waals surface area contributed by atoms with Crippen molar-refractivity contribution in [2.75, 3.05) is 18.1 Å². The number of aliphatic hydroxyl groups excluding tert-OH is 1. The van der Waals surface area contributed by atoms with Gasteiger partial charge in [-0.25, -0.2) is 9.97 Å². The molecule has 98 valence electrons. The number of rotatable bonds is 5. The van der Waals surface area contributed by atoms with Crippen LogP contribution in [0.5, 0.6) is 0 Å². The van der Waals surface area contributed by atoms with Crippen LogP contribution < -0.4 is 10.6 Å². The quantitative estimate of drug-likeness (QED) is 0.292. The first-order valence-corrected chi connectivity index (χ1v) is 5.94. The normalized spacial score (nSPS) is 16.4. The van der Waals surface area contributed by atoms with Crippen molar-refractivity contribution < 1.29 is 10.3 Å². The van der Waals surface area contributed by atoms with Crippen LogP contribution in [0.2, 0.25) is 0 Å². The molecule has 0 amide bonds. The molecule has 2 rings (SSSR count). The summed E-state index contributed by atoms with van der Waals surface area (Å²) in [5, 5.41) is 20.7. The van der Waals surface area contributed by atoms with E-state index in [1.807, 2.05) is 4.90 Å². The fraction of sp³-hybridized carbons (Fsp3) is 0.545. The van der Waals surface area contributed by atoms with Gasteiger partial charge in [-0.2, -0.15) is 0 Å². The van der Waals surface area contributed by atoms with Gasteiger partial charge in [0.1, 0.15) is 5.69 Å². The summed E-state index contributed by atoms with van der Waals surface area (Å²) in [6.45, 7) is 0.540. The molecule has 0 saturated heterocycles. The van der Waals surface area contributed by atoms with Crippen LogP contribution in [0.3, 0.4) is 0 Å². The van der Waals surface area contributed by atoms with Crippen molar-refractivity contribution in [1.29, 1.82) is 0 Å². The lowest BCUT2D eigenvalue weighted by molar-refractivity contribution is 0.282. The molecule has 1 heterocycles. The Morgan fingerprint density at radius 1 is 1.56 bits per heavy atom. The first kappa shape index (κ1) is 12.6. The van der Waals surface area contributed by atoms with Gasteiger partial charge in [0, 0.05) is 18.8 Å². The molecule has 1 aliphatic carbocycles. The molecule has 1 aromatic rings. The summed E-state index contributed by atoms with van der Waals surface area (Å²) in [7, 11) is 0. The zero-order chi connectivity index (χ0) is 13.0. The van der Waals surface area contributed by atoms with E-state index < -0.39 is 0 Å². The molecule has 0 spiro atoms. The van der Waals surface area contributed by atoms with E-state index in [-0.39, 0.29) is 12.4 Å². The van der Waals surface area contributed by atoms with Gasteiger partial charge >= 0.3 is 0 Å². The van der Waals surface area contributed by atoms with E-state index in [2.05, 4.69) is 15.1 Å². The summed E-state index contributed by atoms with van der Waals surface area (Å²) in [6, 6.07) is 1.95. The Kier molecular flexibility index (Phi) is 3.93. The Balaban J connectivity index is 2.23. The Hall–Kier alpha value is -1.89. The van der Waals surface area contributed by atoms with E-state index in [4.69, 9.17) is 16.0 Å². The minimum absolute atomic E-state index is 0.0452. The van der Waals surface area contributed by atoms with E-state index in [1.165, 1.54) is 6.42 Å². The second-order valence-corrected chi connectivity index (χ2v) is 4.23. The second kappa shape index (κ2) is 5.63. The van der Waals surface area contributed by atoms with Crippen molar-refractivity contribution in [1.82, 2.24) is 9.97 Å². The molecule has 0 radical (unpaired) electrons. The van der Waals surface area contributed by atoms with E-state index in [1.54, 1.807) is 12.3 Å². The number of aromatic nitrogens is 2. The topological polar surface area (TPSA) is 108 Å².